The van der Waals surface area contributed by atoms with Gasteiger partial charge in [-0.1, -0.05) is 6.92 Å². The van der Waals surface area contributed by atoms with Crippen LogP contribution in [-0.2, 0) is 4.74 Å². The second kappa shape index (κ2) is 9.26. The number of aryl methyl sites for hydroxylation is 1. The van der Waals surface area contributed by atoms with Gasteiger partial charge in [-0.3, -0.25) is 4.79 Å². The molecule has 0 atom stereocenters. The van der Waals surface area contributed by atoms with Crippen molar-refractivity contribution in [2.45, 2.75) is 76.9 Å². The highest BCUT2D eigenvalue weighted by molar-refractivity contribution is 6.00. The highest BCUT2D eigenvalue weighted by atomic mass is 16.5. The highest BCUT2D eigenvalue weighted by Gasteiger charge is 2.25. The van der Waals surface area contributed by atoms with Gasteiger partial charge in [0.15, 0.2) is 0 Å². The zero-order valence-electron chi connectivity index (χ0n) is 17.7. The summed E-state index contributed by atoms with van der Waals surface area (Å²) in [6, 6.07) is 4.32. The number of piperidine rings is 1. The molecule has 1 saturated carbocycles. The number of hydrogen-bond acceptors (Lipinski definition) is 4. The standard InChI is InChI=1S/C23H34N4O2/c1-3-14-29-19-6-4-18(5-7-19)25-23(28)20-10-13-27-16(2)15-21(26-22(20)27)17-8-11-24-12-9-17/h10,13,15,17-19,24H,3-9,11-12,14H2,1-2H3,(H,25,28). The van der Waals surface area contributed by atoms with Crippen molar-refractivity contribution >= 4 is 11.6 Å². The second-order valence-corrected chi connectivity index (χ2v) is 8.59. The van der Waals surface area contributed by atoms with Crippen molar-refractivity contribution in [3.63, 3.8) is 0 Å². The fraction of sp³-hybridized carbons (Fsp3) is 0.652. The minimum Gasteiger partial charge on any atom is -0.378 e. The zero-order chi connectivity index (χ0) is 20.2. The summed E-state index contributed by atoms with van der Waals surface area (Å²) in [5.74, 6) is 0.476. The smallest absolute Gasteiger partial charge is 0.255 e. The molecule has 4 rings (SSSR count). The van der Waals surface area contributed by atoms with Crippen molar-refractivity contribution in [1.82, 2.24) is 20.0 Å². The lowest BCUT2D eigenvalue weighted by atomic mass is 9.92. The Morgan fingerprint density at radius 1 is 1.24 bits per heavy atom. The molecule has 2 fully saturated rings. The lowest BCUT2D eigenvalue weighted by Crippen LogP contribution is -2.39. The number of amides is 1. The summed E-state index contributed by atoms with van der Waals surface area (Å²) < 4.78 is 7.91. The summed E-state index contributed by atoms with van der Waals surface area (Å²) in [7, 11) is 0. The minimum absolute atomic E-state index is 0.000197. The largest absolute Gasteiger partial charge is 0.378 e. The molecule has 0 radical (unpaired) electrons. The highest BCUT2D eigenvalue weighted by Crippen LogP contribution is 2.27. The number of rotatable bonds is 6. The van der Waals surface area contributed by atoms with Gasteiger partial charge in [0.1, 0.15) is 5.65 Å². The molecule has 2 aromatic rings. The van der Waals surface area contributed by atoms with Gasteiger partial charge in [-0.05, 0) is 77.1 Å². The van der Waals surface area contributed by atoms with Gasteiger partial charge in [-0.25, -0.2) is 4.98 Å². The van der Waals surface area contributed by atoms with E-state index in [0.717, 1.165) is 81.7 Å². The normalized spacial score (nSPS) is 23.4. The molecule has 0 bridgehead atoms. The van der Waals surface area contributed by atoms with Gasteiger partial charge in [-0.2, -0.15) is 0 Å². The molecular formula is C23H34N4O2. The summed E-state index contributed by atoms with van der Waals surface area (Å²) in [5.41, 5.74) is 3.73. The Bertz CT molecular complexity index is 833. The molecule has 2 aliphatic rings. The van der Waals surface area contributed by atoms with Crippen LogP contribution in [0.5, 0.6) is 0 Å². The SMILES string of the molecule is CCCOC1CCC(NC(=O)c2ccn3c(C)cc(C4CCNCC4)nc23)CC1. The van der Waals surface area contributed by atoms with Crippen molar-refractivity contribution in [1.29, 1.82) is 0 Å². The van der Waals surface area contributed by atoms with Gasteiger partial charge >= 0.3 is 0 Å². The molecule has 6 heteroatoms. The van der Waals surface area contributed by atoms with E-state index in [9.17, 15) is 4.79 Å². The van der Waals surface area contributed by atoms with Crippen LogP contribution in [0.2, 0.25) is 0 Å². The molecule has 158 valence electrons. The van der Waals surface area contributed by atoms with Crippen molar-refractivity contribution < 1.29 is 9.53 Å². The molecule has 0 unspecified atom stereocenters. The third-order valence-electron chi connectivity index (χ3n) is 6.40. The number of carbonyl (C=O) groups excluding carboxylic acids is 1. The first-order chi connectivity index (χ1) is 14.2. The van der Waals surface area contributed by atoms with Crippen LogP contribution in [-0.4, -0.2) is 47.1 Å². The first-order valence-corrected chi connectivity index (χ1v) is 11.3. The van der Waals surface area contributed by atoms with Gasteiger partial charge in [0.2, 0.25) is 0 Å². The van der Waals surface area contributed by atoms with E-state index >= 15 is 0 Å². The molecule has 1 amide bonds. The van der Waals surface area contributed by atoms with Crippen LogP contribution in [0.25, 0.3) is 5.65 Å². The zero-order valence-corrected chi connectivity index (χ0v) is 17.7. The fourth-order valence-electron chi connectivity index (χ4n) is 4.69. The molecule has 1 aliphatic heterocycles. The van der Waals surface area contributed by atoms with Gasteiger partial charge in [0.05, 0.1) is 11.7 Å². The average Bonchev–Trinajstić information content (AvgIpc) is 3.19. The van der Waals surface area contributed by atoms with E-state index in [2.05, 4.69) is 30.5 Å². The molecule has 0 spiro atoms. The van der Waals surface area contributed by atoms with E-state index in [-0.39, 0.29) is 11.9 Å². The Morgan fingerprint density at radius 2 is 2.00 bits per heavy atom. The Balaban J connectivity index is 1.46. The lowest BCUT2D eigenvalue weighted by Gasteiger charge is -2.29. The first-order valence-electron chi connectivity index (χ1n) is 11.3. The van der Waals surface area contributed by atoms with Crippen molar-refractivity contribution in [3.05, 3.63) is 35.3 Å². The summed E-state index contributed by atoms with van der Waals surface area (Å²) in [6.07, 6.45) is 9.62. The molecular weight excluding hydrogens is 364 g/mol. The number of ether oxygens (including phenoxy) is 1. The Kier molecular flexibility index (Phi) is 6.50. The summed E-state index contributed by atoms with van der Waals surface area (Å²) >= 11 is 0. The molecule has 3 heterocycles. The number of hydrogen-bond donors (Lipinski definition) is 2. The molecule has 2 aromatic heterocycles. The van der Waals surface area contributed by atoms with Crippen LogP contribution < -0.4 is 10.6 Å². The third kappa shape index (κ3) is 4.64. The number of fused-ring (bicyclic) bond motifs is 1. The topological polar surface area (TPSA) is 67.7 Å². The lowest BCUT2D eigenvalue weighted by molar-refractivity contribution is 0.0227. The fourth-order valence-corrected chi connectivity index (χ4v) is 4.69. The number of carbonyl (C=O) groups is 1. The molecule has 2 N–H and O–H groups in total. The van der Waals surface area contributed by atoms with E-state index in [1.807, 2.05) is 16.7 Å². The maximum atomic E-state index is 13.0. The van der Waals surface area contributed by atoms with Gasteiger partial charge in [-0.15, -0.1) is 0 Å². The monoisotopic (exact) mass is 398 g/mol. The quantitative estimate of drug-likeness (QED) is 0.781. The molecule has 29 heavy (non-hydrogen) atoms. The Hall–Kier alpha value is -1.92. The van der Waals surface area contributed by atoms with E-state index in [4.69, 9.17) is 9.72 Å². The number of nitrogens with zero attached hydrogens (tertiary/aromatic N) is 2. The number of nitrogens with one attached hydrogen (secondary N) is 2. The van der Waals surface area contributed by atoms with E-state index in [1.54, 1.807) is 0 Å². The van der Waals surface area contributed by atoms with Gasteiger partial charge < -0.3 is 19.8 Å². The maximum absolute atomic E-state index is 13.0. The third-order valence-corrected chi connectivity index (χ3v) is 6.40. The summed E-state index contributed by atoms with van der Waals surface area (Å²) in [6.45, 7) is 7.15. The molecule has 6 nitrogen and oxygen atoms in total. The van der Waals surface area contributed by atoms with Gasteiger partial charge in [0.25, 0.3) is 5.91 Å². The van der Waals surface area contributed by atoms with E-state index in [0.29, 0.717) is 17.6 Å². The van der Waals surface area contributed by atoms with Crippen molar-refractivity contribution in [2.24, 2.45) is 0 Å². The van der Waals surface area contributed by atoms with Crippen LogP contribution in [0.3, 0.4) is 0 Å². The average molecular weight is 399 g/mol. The summed E-state index contributed by atoms with van der Waals surface area (Å²) in [5, 5.41) is 6.67. The van der Waals surface area contributed by atoms with E-state index in [1.165, 1.54) is 0 Å². The Morgan fingerprint density at radius 3 is 2.72 bits per heavy atom. The van der Waals surface area contributed by atoms with Crippen LogP contribution in [0.15, 0.2) is 18.3 Å². The Labute approximate surface area is 173 Å². The predicted molar refractivity (Wildman–Crippen MR) is 115 cm³/mol. The van der Waals surface area contributed by atoms with Crippen LogP contribution in [0, 0.1) is 6.92 Å². The maximum Gasteiger partial charge on any atom is 0.255 e. The minimum atomic E-state index is -0.000197. The summed E-state index contributed by atoms with van der Waals surface area (Å²) in [4.78, 5) is 18.0. The second-order valence-electron chi connectivity index (χ2n) is 8.59. The first kappa shape index (κ1) is 20.4. The number of aromatic nitrogens is 2. The van der Waals surface area contributed by atoms with Crippen LogP contribution >= 0.6 is 0 Å². The molecule has 1 saturated heterocycles. The van der Waals surface area contributed by atoms with Crippen LogP contribution in [0.4, 0.5) is 0 Å². The molecule has 1 aliphatic carbocycles. The predicted octanol–water partition coefficient (Wildman–Crippen LogP) is 3.58. The molecule has 0 aromatic carbocycles. The van der Waals surface area contributed by atoms with Crippen molar-refractivity contribution in [3.8, 4) is 0 Å². The van der Waals surface area contributed by atoms with Crippen LogP contribution in [0.1, 0.15) is 79.5 Å². The van der Waals surface area contributed by atoms with E-state index < -0.39 is 0 Å². The van der Waals surface area contributed by atoms with Gasteiger partial charge in [0, 0.05) is 36.2 Å². The van der Waals surface area contributed by atoms with Crippen molar-refractivity contribution in [2.75, 3.05) is 19.7 Å².